The van der Waals surface area contributed by atoms with E-state index in [2.05, 4.69) is 10.6 Å². The van der Waals surface area contributed by atoms with Crippen molar-refractivity contribution in [1.29, 1.82) is 0 Å². The SMILES string of the molecule is COc1cc(CC[C@H]2OC(=O)[C@@H]3CCCCN3C(=O)C(=O)C(C)(C)COC(=O)C=CCCN(C)C(=O)[C@@H](CC(C)C)NC(=O)[C@H](Cc3ccccc3)N(C)C(=O)[C@@H](C)NC(=O)CN(C)C(=O)COc3cccc2c3)ccc1C. The molecule has 5 atom stereocenters. The maximum absolute atomic E-state index is 14.3. The molecule has 0 saturated carbocycles. The van der Waals surface area contributed by atoms with Gasteiger partial charge in [-0.3, -0.25) is 33.6 Å². The van der Waals surface area contributed by atoms with Crippen molar-refractivity contribution in [2.75, 3.05) is 61.1 Å². The van der Waals surface area contributed by atoms with Crippen LogP contribution >= 0.6 is 0 Å². The maximum atomic E-state index is 14.3. The third-order valence-electron chi connectivity index (χ3n) is 14.0. The van der Waals surface area contributed by atoms with E-state index < -0.39 is 109 Å². The number of ketones is 1. The number of rotatable bonds is 8. The molecule has 2 aliphatic rings. The second kappa shape index (κ2) is 28.7. The molecule has 19 heteroatoms. The van der Waals surface area contributed by atoms with E-state index in [9.17, 15) is 43.2 Å². The molecule has 1 fully saturated rings. The van der Waals surface area contributed by atoms with Crippen LogP contribution in [-0.4, -0.2) is 158 Å². The number of carbonyl (C=O) groups is 9. The Morgan fingerprint density at radius 2 is 1.54 bits per heavy atom. The van der Waals surface area contributed by atoms with E-state index in [1.165, 1.54) is 61.7 Å². The Kier molecular flexibility index (Phi) is 22.6. The fourth-order valence-corrected chi connectivity index (χ4v) is 9.23. The van der Waals surface area contributed by atoms with E-state index in [-0.39, 0.29) is 56.9 Å². The Labute approximate surface area is 458 Å². The van der Waals surface area contributed by atoms with Crippen LogP contribution in [0, 0.1) is 18.3 Å². The van der Waals surface area contributed by atoms with Crippen molar-refractivity contribution in [1.82, 2.24) is 30.2 Å². The number of nitrogens with one attached hydrogen (secondary N) is 2. The summed E-state index contributed by atoms with van der Waals surface area (Å²) >= 11 is 0. The number of hydrogen-bond donors (Lipinski definition) is 2. The average molecular weight is 1080 g/mol. The van der Waals surface area contributed by atoms with Gasteiger partial charge in [-0.25, -0.2) is 9.59 Å². The topological polar surface area (TPSA) is 228 Å². The van der Waals surface area contributed by atoms with Gasteiger partial charge in [-0.15, -0.1) is 0 Å². The summed E-state index contributed by atoms with van der Waals surface area (Å²) in [7, 11) is 6.02. The molecule has 0 radical (unpaired) electrons. The number of benzene rings is 3. The molecule has 2 aliphatic heterocycles. The first-order valence-electron chi connectivity index (χ1n) is 26.6. The molecule has 2 bridgehead atoms. The summed E-state index contributed by atoms with van der Waals surface area (Å²) in [6, 6.07) is 17.2. The second-order valence-electron chi connectivity index (χ2n) is 21.3. The lowest BCUT2D eigenvalue weighted by Gasteiger charge is -2.36. The maximum Gasteiger partial charge on any atom is 0.330 e. The third kappa shape index (κ3) is 17.5. The predicted octanol–water partition coefficient (Wildman–Crippen LogP) is 5.10. The van der Waals surface area contributed by atoms with Crippen molar-refractivity contribution >= 4 is 53.2 Å². The van der Waals surface area contributed by atoms with Gasteiger partial charge in [0.1, 0.15) is 48.4 Å². The first-order valence-corrected chi connectivity index (χ1v) is 26.6. The van der Waals surface area contributed by atoms with Crippen molar-refractivity contribution in [3.8, 4) is 11.5 Å². The molecule has 78 heavy (non-hydrogen) atoms. The lowest BCUT2D eigenvalue weighted by molar-refractivity contribution is -0.165. The summed E-state index contributed by atoms with van der Waals surface area (Å²) in [6.07, 6.45) is 4.49. The van der Waals surface area contributed by atoms with Crippen LogP contribution in [0.2, 0.25) is 0 Å². The summed E-state index contributed by atoms with van der Waals surface area (Å²) < 4.78 is 23.2. The second-order valence-corrected chi connectivity index (χ2v) is 21.3. The van der Waals surface area contributed by atoms with Crippen LogP contribution in [0.5, 0.6) is 11.5 Å². The van der Waals surface area contributed by atoms with Gasteiger partial charge >= 0.3 is 11.9 Å². The fourth-order valence-electron chi connectivity index (χ4n) is 9.23. The highest BCUT2D eigenvalue weighted by molar-refractivity contribution is 6.38. The van der Waals surface area contributed by atoms with Gasteiger partial charge in [0.2, 0.25) is 29.4 Å². The number of fused-ring (bicyclic) bond motifs is 3. The number of piperidine rings is 1. The van der Waals surface area contributed by atoms with E-state index in [0.29, 0.717) is 30.6 Å². The van der Waals surface area contributed by atoms with Crippen LogP contribution in [0.4, 0.5) is 0 Å². The number of ether oxygens (including phenoxy) is 4. The van der Waals surface area contributed by atoms with Gasteiger partial charge in [0.05, 0.1) is 19.1 Å². The number of Topliss-reactive ketones (excluding diaryl/α,β-unsaturated/α-hetero) is 1. The van der Waals surface area contributed by atoms with Crippen molar-refractivity contribution in [2.24, 2.45) is 11.3 Å². The van der Waals surface area contributed by atoms with Gasteiger partial charge < -0.3 is 49.2 Å². The number of aryl methyl sites for hydroxylation is 2. The molecule has 422 valence electrons. The predicted molar refractivity (Wildman–Crippen MR) is 291 cm³/mol. The highest BCUT2D eigenvalue weighted by atomic mass is 16.5. The number of carbonyl (C=O) groups excluding carboxylic acids is 9. The monoisotopic (exact) mass is 1080 g/mol. The molecule has 3 aromatic rings. The molecular weight excluding hydrogens is 1000 g/mol. The standard InChI is InChI=1S/C59H78N6O13/c1-38(2)31-45-56(72)62(7)29-16-15-24-52(68)77-37-59(5,6)53(69)57(73)65-30-17-14-23-46(65)58(74)78-48(28-27-42-26-25-39(3)49(33-42)75-10)43-21-18-22-44(34-43)76-36-51(67)63(8)35-50(66)60-40(4)55(71)64(9)47(54(70)61-45)32-41-19-12-11-13-20-41/h11-13,15,18-22,24-26,33-34,38,40,45-48H,14,16-17,23,27-32,35-37H2,1-10H3,(H,60,66)(H,61,70)/t40-,45-,46+,47+,48-/m1/s1. The largest absolute Gasteiger partial charge is 0.496 e. The van der Waals surface area contributed by atoms with Crippen LogP contribution in [0.25, 0.3) is 0 Å². The highest BCUT2D eigenvalue weighted by Gasteiger charge is 2.43. The Morgan fingerprint density at radius 1 is 0.808 bits per heavy atom. The number of esters is 2. The minimum absolute atomic E-state index is 0.0268. The normalized spacial score (nSPS) is 22.7. The molecule has 2 heterocycles. The van der Waals surface area contributed by atoms with Crippen LogP contribution in [0.3, 0.4) is 0 Å². The number of hydrogen-bond acceptors (Lipinski definition) is 13. The quantitative estimate of drug-likeness (QED) is 0.221. The van der Waals surface area contributed by atoms with Crippen LogP contribution < -0.4 is 20.1 Å². The Hall–Kier alpha value is -7.57. The first-order chi connectivity index (χ1) is 37.0. The molecule has 2 N–H and O–H groups in total. The Bertz CT molecular complexity index is 2650. The number of cyclic esters (lactones) is 2. The third-order valence-corrected chi connectivity index (χ3v) is 14.0. The smallest absolute Gasteiger partial charge is 0.330 e. The van der Waals surface area contributed by atoms with Crippen LogP contribution in [0.15, 0.2) is 84.9 Å². The van der Waals surface area contributed by atoms with Gasteiger partial charge in [0.15, 0.2) is 6.61 Å². The Morgan fingerprint density at radius 3 is 2.24 bits per heavy atom. The molecule has 0 spiro atoms. The molecule has 1 saturated heterocycles. The van der Waals surface area contributed by atoms with Gasteiger partial charge in [0, 0.05) is 46.7 Å². The Balaban J connectivity index is 1.43. The fraction of sp³-hybridized carbons (Fsp3) is 0.508. The summed E-state index contributed by atoms with van der Waals surface area (Å²) in [4.78, 5) is 130. The van der Waals surface area contributed by atoms with Gasteiger partial charge in [-0.1, -0.05) is 74.5 Å². The minimum Gasteiger partial charge on any atom is -0.496 e. The van der Waals surface area contributed by atoms with E-state index in [1.807, 2.05) is 57.2 Å². The van der Waals surface area contributed by atoms with Gasteiger partial charge in [-0.2, -0.15) is 0 Å². The zero-order valence-corrected chi connectivity index (χ0v) is 46.8. The van der Waals surface area contributed by atoms with Crippen molar-refractivity contribution in [3.63, 3.8) is 0 Å². The van der Waals surface area contributed by atoms with E-state index in [1.54, 1.807) is 50.6 Å². The minimum atomic E-state index is -1.48. The lowest BCUT2D eigenvalue weighted by atomic mass is 9.87. The summed E-state index contributed by atoms with van der Waals surface area (Å²) in [5, 5.41) is 5.54. The average Bonchev–Trinajstić information content (AvgIpc) is 3.42. The van der Waals surface area contributed by atoms with Gasteiger partial charge in [0.25, 0.3) is 11.8 Å². The van der Waals surface area contributed by atoms with Crippen LogP contribution in [0.1, 0.15) is 102 Å². The molecule has 0 aromatic heterocycles. The zero-order valence-electron chi connectivity index (χ0n) is 46.8. The number of likely N-dealkylation sites (N-methyl/N-ethyl adjacent to an activating group) is 3. The van der Waals surface area contributed by atoms with Crippen molar-refractivity contribution < 1.29 is 62.1 Å². The molecule has 0 unspecified atom stereocenters. The molecule has 6 amide bonds. The molecule has 0 aliphatic carbocycles. The molecular formula is C59H78N6O13. The van der Waals surface area contributed by atoms with E-state index in [0.717, 1.165) is 21.6 Å². The molecule has 19 nitrogen and oxygen atoms in total. The highest BCUT2D eigenvalue weighted by Crippen LogP contribution is 2.31. The summed E-state index contributed by atoms with van der Waals surface area (Å²) in [5.74, 6) is -5.12. The molecule has 5 rings (SSSR count). The summed E-state index contributed by atoms with van der Waals surface area (Å²) in [6.45, 7) is 9.10. The van der Waals surface area contributed by atoms with E-state index in [4.69, 9.17) is 18.9 Å². The number of methoxy groups -OCH3 is 1. The zero-order chi connectivity index (χ0) is 57.3. The van der Waals surface area contributed by atoms with E-state index >= 15 is 0 Å². The van der Waals surface area contributed by atoms with Crippen LogP contribution in [-0.2, 0) is 65.5 Å². The van der Waals surface area contributed by atoms with Crippen molar-refractivity contribution in [2.45, 2.75) is 123 Å². The van der Waals surface area contributed by atoms with Crippen molar-refractivity contribution in [3.05, 3.63) is 107 Å². The number of amides is 6. The first kappa shape index (κ1) is 61.3. The van der Waals surface area contributed by atoms with Gasteiger partial charge in [-0.05, 0) is 119 Å². The number of nitrogens with zero attached hydrogens (tertiary/aromatic N) is 4. The lowest BCUT2D eigenvalue weighted by Crippen LogP contribution is -2.58. The molecule has 3 aromatic carbocycles. The summed E-state index contributed by atoms with van der Waals surface area (Å²) in [5.41, 5.74) is 1.65.